The molecule has 2 aromatic rings. The second kappa shape index (κ2) is 9.87. The summed E-state index contributed by atoms with van der Waals surface area (Å²) < 4.78 is 82.2. The van der Waals surface area contributed by atoms with Crippen LogP contribution in [0.25, 0.3) is 0 Å². The molecule has 2 aromatic carbocycles. The predicted molar refractivity (Wildman–Crippen MR) is 128 cm³/mol. The molecule has 0 bridgehead atoms. The molecular weight excluding hydrogens is 485 g/mol. The van der Waals surface area contributed by atoms with E-state index in [1.807, 2.05) is 0 Å². The summed E-state index contributed by atoms with van der Waals surface area (Å²) in [5.41, 5.74) is -0.508. The summed E-state index contributed by atoms with van der Waals surface area (Å²) in [6, 6.07) is 4.84. The first kappa shape index (κ1) is 27.1. The van der Waals surface area contributed by atoms with Crippen molar-refractivity contribution in [2.45, 2.75) is 57.5 Å². The summed E-state index contributed by atoms with van der Waals surface area (Å²) in [7, 11) is -2.93. The van der Waals surface area contributed by atoms with Crippen LogP contribution < -0.4 is 14.8 Å². The topological polar surface area (TPSA) is 96.9 Å². The Kier molecular flexibility index (Phi) is 7.64. The Morgan fingerprint density at radius 1 is 1.14 bits per heavy atom. The molecule has 0 aliphatic heterocycles. The lowest BCUT2D eigenvalue weighted by atomic mass is 10.1. The van der Waals surface area contributed by atoms with Gasteiger partial charge in [-0.25, -0.2) is 21.6 Å². The normalized spacial score (nSPS) is 16.0. The Bertz CT molecular complexity index is 1190. The molecule has 1 aliphatic rings. The van der Waals surface area contributed by atoms with E-state index in [4.69, 9.17) is 9.47 Å². The van der Waals surface area contributed by atoms with Gasteiger partial charge in [0.2, 0.25) is 10.0 Å². The summed E-state index contributed by atoms with van der Waals surface area (Å²) in [5, 5.41) is 12.2. The van der Waals surface area contributed by atoms with Gasteiger partial charge in [-0.3, -0.25) is 4.72 Å². The van der Waals surface area contributed by atoms with E-state index in [2.05, 4.69) is 10.0 Å². The minimum absolute atomic E-state index is 0.134. The van der Waals surface area contributed by atoms with E-state index in [-0.39, 0.29) is 36.1 Å². The van der Waals surface area contributed by atoms with Crippen LogP contribution in [0.1, 0.15) is 45.6 Å². The lowest BCUT2D eigenvalue weighted by molar-refractivity contribution is -0.182. The molecule has 1 unspecified atom stereocenters. The number of rotatable bonds is 11. The molecule has 194 valence electrons. The third-order valence-electron chi connectivity index (χ3n) is 5.84. The summed E-state index contributed by atoms with van der Waals surface area (Å²) >= 11 is 0. The van der Waals surface area contributed by atoms with Crippen molar-refractivity contribution >= 4 is 27.1 Å². The molecule has 0 radical (unpaired) electrons. The number of benzene rings is 2. The molecular formula is C24H31F3N2O5S. The molecule has 0 heterocycles. The molecule has 1 saturated carbocycles. The SMILES string of the molecule is COc1cc(F)c(F)c(Nc2ccc(C)cc2F)c1NS(=O)(=O)C1(CC(C)COC(C)(C)O)CC1. The third kappa shape index (κ3) is 6.20. The van der Waals surface area contributed by atoms with E-state index in [1.165, 1.54) is 33.1 Å². The second-order valence-corrected chi connectivity index (χ2v) is 11.7. The van der Waals surface area contributed by atoms with Crippen LogP contribution in [0.5, 0.6) is 5.75 Å². The molecule has 3 rings (SSSR count). The zero-order valence-corrected chi connectivity index (χ0v) is 21.2. The van der Waals surface area contributed by atoms with E-state index < -0.39 is 43.7 Å². The van der Waals surface area contributed by atoms with Gasteiger partial charge in [0.05, 0.1) is 24.2 Å². The summed E-state index contributed by atoms with van der Waals surface area (Å²) in [5.74, 6) is -5.24. The first-order valence-electron chi connectivity index (χ1n) is 11.2. The zero-order valence-electron chi connectivity index (χ0n) is 20.3. The number of aliphatic hydroxyl groups is 1. The molecule has 1 fully saturated rings. The number of aryl methyl sites for hydroxylation is 1. The van der Waals surface area contributed by atoms with Crippen molar-refractivity contribution in [3.8, 4) is 5.75 Å². The molecule has 0 spiro atoms. The Morgan fingerprint density at radius 3 is 2.34 bits per heavy atom. The average Bonchev–Trinajstić information content (AvgIpc) is 3.54. The highest BCUT2D eigenvalue weighted by Crippen LogP contribution is 2.50. The van der Waals surface area contributed by atoms with Gasteiger partial charge in [-0.1, -0.05) is 13.0 Å². The van der Waals surface area contributed by atoms with E-state index in [0.29, 0.717) is 18.4 Å². The number of nitrogens with one attached hydrogen (secondary N) is 2. The average molecular weight is 517 g/mol. The molecule has 0 saturated heterocycles. The molecule has 0 aromatic heterocycles. The largest absolute Gasteiger partial charge is 0.494 e. The standard InChI is InChI=1S/C24H31F3N2O5S/c1-14-6-7-18(16(25)10-14)28-22-20(27)17(26)11-19(33-5)21(22)29-35(31,32)24(8-9-24)12-15(2)13-34-23(3,4)30/h6-7,10-11,15,28-30H,8-9,12-13H2,1-5H3. The van der Waals surface area contributed by atoms with E-state index in [0.717, 1.165) is 6.07 Å². The Balaban J connectivity index is 1.94. The van der Waals surface area contributed by atoms with Crippen LogP contribution in [0.15, 0.2) is 24.3 Å². The van der Waals surface area contributed by atoms with Gasteiger partial charge in [0.25, 0.3) is 0 Å². The van der Waals surface area contributed by atoms with Gasteiger partial charge in [-0.15, -0.1) is 0 Å². The van der Waals surface area contributed by atoms with Crippen molar-refractivity contribution < 1.29 is 36.2 Å². The first-order chi connectivity index (χ1) is 16.2. The Labute approximate surface area is 203 Å². The fraction of sp³-hybridized carbons (Fsp3) is 0.500. The smallest absolute Gasteiger partial charge is 0.238 e. The van der Waals surface area contributed by atoms with Crippen molar-refractivity contribution in [3.63, 3.8) is 0 Å². The number of hydrogen-bond donors (Lipinski definition) is 3. The lowest BCUT2D eigenvalue weighted by Gasteiger charge is -2.26. The highest BCUT2D eigenvalue weighted by molar-refractivity contribution is 7.94. The molecule has 35 heavy (non-hydrogen) atoms. The summed E-state index contributed by atoms with van der Waals surface area (Å²) in [4.78, 5) is 0. The van der Waals surface area contributed by atoms with Crippen LogP contribution in [0, 0.1) is 30.3 Å². The molecule has 0 amide bonds. The minimum Gasteiger partial charge on any atom is -0.494 e. The summed E-state index contributed by atoms with van der Waals surface area (Å²) in [6.07, 6.45) is 0.937. The van der Waals surface area contributed by atoms with Gasteiger partial charge >= 0.3 is 0 Å². The number of methoxy groups -OCH3 is 1. The molecule has 1 aliphatic carbocycles. The van der Waals surface area contributed by atoms with Crippen molar-refractivity contribution in [2.24, 2.45) is 5.92 Å². The van der Waals surface area contributed by atoms with Gasteiger partial charge in [0.1, 0.15) is 22.9 Å². The monoisotopic (exact) mass is 516 g/mol. The maximum atomic E-state index is 14.9. The van der Waals surface area contributed by atoms with Crippen LogP contribution >= 0.6 is 0 Å². The predicted octanol–water partition coefficient (Wildman–Crippen LogP) is 5.21. The van der Waals surface area contributed by atoms with Gasteiger partial charge in [0.15, 0.2) is 17.4 Å². The fourth-order valence-corrected chi connectivity index (χ4v) is 5.67. The second-order valence-electron chi connectivity index (χ2n) is 9.59. The van der Waals surface area contributed by atoms with Crippen molar-refractivity contribution in [1.82, 2.24) is 0 Å². The van der Waals surface area contributed by atoms with E-state index in [9.17, 15) is 26.7 Å². The summed E-state index contributed by atoms with van der Waals surface area (Å²) in [6.45, 7) is 6.56. The number of ether oxygens (including phenoxy) is 2. The van der Waals surface area contributed by atoms with Crippen molar-refractivity contribution in [1.29, 1.82) is 0 Å². The molecule has 3 N–H and O–H groups in total. The molecule has 11 heteroatoms. The van der Waals surface area contributed by atoms with Crippen LogP contribution in [0.3, 0.4) is 0 Å². The number of anilines is 3. The quantitative estimate of drug-likeness (QED) is 0.355. The van der Waals surface area contributed by atoms with Crippen LogP contribution in [-0.4, -0.2) is 37.8 Å². The van der Waals surface area contributed by atoms with Gasteiger partial charge in [0, 0.05) is 6.07 Å². The molecule has 7 nitrogen and oxygen atoms in total. The Morgan fingerprint density at radius 2 is 1.80 bits per heavy atom. The first-order valence-corrected chi connectivity index (χ1v) is 12.6. The van der Waals surface area contributed by atoms with Crippen LogP contribution in [0.2, 0.25) is 0 Å². The van der Waals surface area contributed by atoms with Crippen LogP contribution in [0.4, 0.5) is 30.2 Å². The Hall–Kier alpha value is -2.50. The van der Waals surface area contributed by atoms with Crippen LogP contribution in [-0.2, 0) is 14.8 Å². The van der Waals surface area contributed by atoms with Gasteiger partial charge in [-0.05, 0) is 63.6 Å². The number of halogens is 3. The highest BCUT2D eigenvalue weighted by atomic mass is 32.2. The van der Waals surface area contributed by atoms with E-state index in [1.54, 1.807) is 19.9 Å². The van der Waals surface area contributed by atoms with Gasteiger partial charge < -0.3 is 19.9 Å². The van der Waals surface area contributed by atoms with Crippen molar-refractivity contribution in [3.05, 3.63) is 47.3 Å². The number of sulfonamides is 1. The third-order valence-corrected chi connectivity index (χ3v) is 8.03. The minimum atomic E-state index is -4.12. The van der Waals surface area contributed by atoms with Crippen molar-refractivity contribution in [2.75, 3.05) is 23.8 Å². The van der Waals surface area contributed by atoms with E-state index >= 15 is 0 Å². The maximum Gasteiger partial charge on any atom is 0.238 e. The lowest BCUT2D eigenvalue weighted by Crippen LogP contribution is -2.34. The fourth-order valence-electron chi connectivity index (χ4n) is 3.84. The maximum absolute atomic E-state index is 14.9. The zero-order chi connectivity index (χ0) is 26.2. The van der Waals surface area contributed by atoms with Gasteiger partial charge in [-0.2, -0.15) is 0 Å². The highest BCUT2D eigenvalue weighted by Gasteiger charge is 2.55. The number of hydrogen-bond acceptors (Lipinski definition) is 6. The molecule has 1 atom stereocenters.